The third kappa shape index (κ3) is 5.93. The Labute approximate surface area is 216 Å². The Morgan fingerprint density at radius 1 is 1.35 bits per heavy atom. The summed E-state index contributed by atoms with van der Waals surface area (Å²) < 4.78 is 18.9. The SMILES string of the molecule is CC/C(Nc1cc(C2CCC(OC(=O)NC3(C)CC3)C2)[nH]n1)=c1\c(=C/N)c(COC2CCOC2)nn1C. The second kappa shape index (κ2) is 10.7. The highest BCUT2D eigenvalue weighted by Crippen LogP contribution is 2.37. The van der Waals surface area contributed by atoms with Crippen molar-refractivity contribution < 1.29 is 19.0 Å². The predicted molar refractivity (Wildman–Crippen MR) is 139 cm³/mol. The fraction of sp³-hybridized carbons (Fsp3) is 0.654. The first kappa shape index (κ1) is 25.6. The van der Waals surface area contributed by atoms with Crippen LogP contribution in [0, 0.1) is 0 Å². The molecular formula is C26H39N7O4. The van der Waals surface area contributed by atoms with Gasteiger partial charge < -0.3 is 30.6 Å². The standard InChI is InChI=1S/C26H39N7O4/c1-4-20(24-19(13-27)22(32-33(24)3)15-36-18-7-10-35-14-18)28-23-12-21(30-31-23)16-5-6-17(11-16)37-25(34)29-26(2)8-9-26/h12-13,16-18H,4-11,14-15,27H2,1-3H3,(H,29,34)(H2,28,30,31)/b19-13-,24-20-. The Balaban J connectivity index is 1.25. The van der Waals surface area contributed by atoms with Gasteiger partial charge in [0, 0.05) is 54.0 Å². The third-order valence-electron chi connectivity index (χ3n) is 7.69. The molecule has 0 aromatic carbocycles. The molecule has 1 saturated heterocycles. The van der Waals surface area contributed by atoms with Gasteiger partial charge in [-0.15, -0.1) is 0 Å². The number of aromatic nitrogens is 4. The average Bonchev–Trinajstić information content (AvgIpc) is 3.42. The molecule has 3 heterocycles. The number of aromatic amines is 1. The molecule has 37 heavy (non-hydrogen) atoms. The van der Waals surface area contributed by atoms with Gasteiger partial charge in [-0.2, -0.15) is 10.2 Å². The quantitative estimate of drug-likeness (QED) is 0.397. The molecule has 5 N–H and O–H groups in total. The first-order valence-corrected chi connectivity index (χ1v) is 13.3. The number of alkyl carbamates (subject to hydrolysis) is 1. The Kier molecular flexibility index (Phi) is 7.43. The van der Waals surface area contributed by atoms with Gasteiger partial charge >= 0.3 is 6.09 Å². The molecule has 2 aromatic rings. The van der Waals surface area contributed by atoms with Crippen LogP contribution in [-0.2, 0) is 27.9 Å². The molecule has 202 valence electrons. The molecule has 5 rings (SSSR count). The van der Waals surface area contributed by atoms with E-state index in [4.69, 9.17) is 19.9 Å². The van der Waals surface area contributed by atoms with Crippen molar-refractivity contribution in [2.24, 2.45) is 12.8 Å². The molecule has 3 fully saturated rings. The number of aryl methyl sites for hydroxylation is 1. The maximum absolute atomic E-state index is 12.2. The van der Waals surface area contributed by atoms with Crippen LogP contribution in [0.25, 0.3) is 11.9 Å². The number of hydrogen-bond donors (Lipinski definition) is 4. The topological polar surface area (TPSA) is 141 Å². The number of ether oxygens (including phenoxy) is 3. The largest absolute Gasteiger partial charge is 0.446 e. The highest BCUT2D eigenvalue weighted by atomic mass is 16.6. The molecule has 2 saturated carbocycles. The molecule has 3 aliphatic rings. The van der Waals surface area contributed by atoms with Crippen LogP contribution >= 0.6 is 0 Å². The van der Waals surface area contributed by atoms with Gasteiger partial charge in [0.05, 0.1) is 30.4 Å². The van der Waals surface area contributed by atoms with Crippen molar-refractivity contribution in [2.45, 2.75) is 89.1 Å². The van der Waals surface area contributed by atoms with Gasteiger partial charge in [-0.25, -0.2) is 4.79 Å². The summed E-state index contributed by atoms with van der Waals surface area (Å²) in [4.78, 5) is 12.2. The molecule has 2 aromatic heterocycles. The number of nitrogens with zero attached hydrogens (tertiary/aromatic N) is 3. The van der Waals surface area contributed by atoms with E-state index in [1.165, 1.54) is 0 Å². The zero-order valence-corrected chi connectivity index (χ0v) is 22.0. The maximum atomic E-state index is 12.2. The number of hydrogen-bond acceptors (Lipinski definition) is 8. The molecule has 0 radical (unpaired) electrons. The van der Waals surface area contributed by atoms with Crippen LogP contribution < -0.4 is 26.9 Å². The van der Waals surface area contributed by atoms with Crippen molar-refractivity contribution in [3.05, 3.63) is 28.0 Å². The van der Waals surface area contributed by atoms with Crippen LogP contribution in [0.4, 0.5) is 10.6 Å². The first-order chi connectivity index (χ1) is 17.9. The summed E-state index contributed by atoms with van der Waals surface area (Å²) in [6.07, 6.45) is 7.60. The minimum absolute atomic E-state index is 0.0688. The van der Waals surface area contributed by atoms with Gasteiger partial charge in [0.25, 0.3) is 0 Å². The summed E-state index contributed by atoms with van der Waals surface area (Å²) in [5.41, 5.74) is 8.79. The number of nitrogens with two attached hydrogens (primary N) is 1. The summed E-state index contributed by atoms with van der Waals surface area (Å²) in [5, 5.41) is 20.6. The zero-order chi connectivity index (χ0) is 26.0. The van der Waals surface area contributed by atoms with E-state index in [-0.39, 0.29) is 29.8 Å². The second-order valence-corrected chi connectivity index (χ2v) is 10.7. The Morgan fingerprint density at radius 2 is 2.19 bits per heavy atom. The summed E-state index contributed by atoms with van der Waals surface area (Å²) >= 11 is 0. The highest BCUT2D eigenvalue weighted by molar-refractivity contribution is 5.69. The van der Waals surface area contributed by atoms with E-state index in [0.29, 0.717) is 13.2 Å². The predicted octanol–water partition coefficient (Wildman–Crippen LogP) is 1.69. The molecule has 3 unspecified atom stereocenters. The molecule has 1 amide bonds. The maximum Gasteiger partial charge on any atom is 0.407 e. The van der Waals surface area contributed by atoms with E-state index in [1.807, 2.05) is 24.7 Å². The van der Waals surface area contributed by atoms with E-state index >= 15 is 0 Å². The Bertz CT molecular complexity index is 1230. The molecule has 0 spiro atoms. The van der Waals surface area contributed by atoms with Gasteiger partial charge in [-0.3, -0.25) is 9.78 Å². The summed E-state index contributed by atoms with van der Waals surface area (Å²) in [6, 6.07) is 2.04. The number of amides is 1. The highest BCUT2D eigenvalue weighted by Gasteiger charge is 2.40. The van der Waals surface area contributed by atoms with Gasteiger partial charge in [-0.05, 0) is 51.9 Å². The number of carbonyl (C=O) groups excluding carboxylic acids is 1. The third-order valence-corrected chi connectivity index (χ3v) is 7.69. The lowest BCUT2D eigenvalue weighted by Crippen LogP contribution is -2.36. The minimum atomic E-state index is -0.301. The smallest absolute Gasteiger partial charge is 0.407 e. The van der Waals surface area contributed by atoms with Crippen molar-refractivity contribution in [1.82, 2.24) is 25.3 Å². The van der Waals surface area contributed by atoms with Gasteiger partial charge in [-0.1, -0.05) is 6.92 Å². The van der Waals surface area contributed by atoms with Crippen molar-refractivity contribution in [3.63, 3.8) is 0 Å². The summed E-state index contributed by atoms with van der Waals surface area (Å²) in [7, 11) is 1.91. The second-order valence-electron chi connectivity index (χ2n) is 10.7. The zero-order valence-electron chi connectivity index (χ0n) is 22.0. The molecular weight excluding hydrogens is 474 g/mol. The lowest BCUT2D eigenvalue weighted by atomic mass is 10.0. The molecule has 11 heteroatoms. The van der Waals surface area contributed by atoms with Gasteiger partial charge in [0.1, 0.15) is 6.10 Å². The average molecular weight is 514 g/mol. The van der Waals surface area contributed by atoms with Crippen LogP contribution in [-0.4, -0.2) is 57.0 Å². The van der Waals surface area contributed by atoms with Crippen LogP contribution in [0.1, 0.15) is 76.1 Å². The number of rotatable bonds is 9. The van der Waals surface area contributed by atoms with Crippen LogP contribution in [0.5, 0.6) is 0 Å². The van der Waals surface area contributed by atoms with Gasteiger partial charge in [0.2, 0.25) is 0 Å². The fourth-order valence-electron chi connectivity index (χ4n) is 5.23. The summed E-state index contributed by atoms with van der Waals surface area (Å²) in [6.45, 7) is 5.88. The van der Waals surface area contributed by atoms with E-state index in [9.17, 15) is 4.79 Å². The van der Waals surface area contributed by atoms with Crippen LogP contribution in [0.2, 0.25) is 0 Å². The van der Waals surface area contributed by atoms with E-state index in [2.05, 4.69) is 32.9 Å². The normalized spacial score (nSPS) is 25.8. The molecule has 3 atom stereocenters. The number of nitrogens with one attached hydrogen (secondary N) is 3. The monoisotopic (exact) mass is 513 g/mol. The van der Waals surface area contributed by atoms with E-state index in [0.717, 1.165) is 85.0 Å². The van der Waals surface area contributed by atoms with Crippen LogP contribution in [0.15, 0.2) is 6.07 Å². The lowest BCUT2D eigenvalue weighted by Gasteiger charge is -2.16. The molecule has 1 aliphatic heterocycles. The lowest BCUT2D eigenvalue weighted by molar-refractivity contribution is 0.0296. The summed E-state index contributed by atoms with van der Waals surface area (Å²) in [5.74, 6) is 1.01. The number of carbonyl (C=O) groups is 1. The Morgan fingerprint density at radius 3 is 2.89 bits per heavy atom. The van der Waals surface area contributed by atoms with Gasteiger partial charge in [0.15, 0.2) is 5.82 Å². The molecule has 11 nitrogen and oxygen atoms in total. The van der Waals surface area contributed by atoms with Crippen LogP contribution in [0.3, 0.4) is 0 Å². The van der Waals surface area contributed by atoms with Crippen molar-refractivity contribution >= 4 is 23.8 Å². The Hall–Kier alpha value is -3.05. The van der Waals surface area contributed by atoms with E-state index in [1.54, 1.807) is 6.20 Å². The number of H-pyrrole nitrogens is 1. The van der Waals surface area contributed by atoms with Crippen molar-refractivity contribution in [1.29, 1.82) is 0 Å². The minimum Gasteiger partial charge on any atom is -0.446 e. The number of anilines is 1. The molecule has 0 bridgehead atoms. The molecule has 2 aliphatic carbocycles. The first-order valence-electron chi connectivity index (χ1n) is 13.3. The van der Waals surface area contributed by atoms with Crippen molar-refractivity contribution in [3.8, 4) is 0 Å². The van der Waals surface area contributed by atoms with Crippen molar-refractivity contribution in [2.75, 3.05) is 18.5 Å². The fourth-order valence-corrected chi connectivity index (χ4v) is 5.23. The van der Waals surface area contributed by atoms with E-state index < -0.39 is 0 Å².